The minimum Gasteiger partial charge on any atom is -0.497 e. The van der Waals surface area contributed by atoms with E-state index < -0.39 is 5.97 Å². The van der Waals surface area contributed by atoms with Crippen LogP contribution in [0.5, 0.6) is 11.5 Å². The Balaban J connectivity index is 2.75. The largest absolute Gasteiger partial charge is 0.497 e. The van der Waals surface area contributed by atoms with Crippen LogP contribution in [-0.2, 0) is 4.79 Å². The highest BCUT2D eigenvalue weighted by atomic mass is 16.5. The van der Waals surface area contributed by atoms with E-state index in [9.17, 15) is 4.79 Å². The van der Waals surface area contributed by atoms with E-state index in [2.05, 4.69) is 13.8 Å². The van der Waals surface area contributed by atoms with Crippen molar-refractivity contribution in [3.8, 4) is 11.5 Å². The van der Waals surface area contributed by atoms with Crippen molar-refractivity contribution in [2.24, 2.45) is 5.92 Å². The molecule has 0 aliphatic rings. The second kappa shape index (κ2) is 8.25. The number of ether oxygens (including phenoxy) is 2. The van der Waals surface area contributed by atoms with Gasteiger partial charge in [-0.15, -0.1) is 0 Å². The summed E-state index contributed by atoms with van der Waals surface area (Å²) in [6.45, 7) is 4.96. The van der Waals surface area contributed by atoms with Gasteiger partial charge in [0.1, 0.15) is 11.5 Å². The van der Waals surface area contributed by atoms with Gasteiger partial charge in [-0.3, -0.25) is 0 Å². The minimum atomic E-state index is -0.980. The molecular weight excluding hydrogens is 256 g/mol. The maximum Gasteiger partial charge on any atom is 0.328 e. The van der Waals surface area contributed by atoms with Crippen molar-refractivity contribution in [1.29, 1.82) is 0 Å². The zero-order valence-electron chi connectivity index (χ0n) is 12.3. The molecule has 4 nitrogen and oxygen atoms in total. The van der Waals surface area contributed by atoms with Crippen LogP contribution in [0.25, 0.3) is 6.08 Å². The van der Waals surface area contributed by atoms with Crippen LogP contribution in [-0.4, -0.2) is 24.8 Å². The van der Waals surface area contributed by atoms with Crippen molar-refractivity contribution in [3.63, 3.8) is 0 Å². The summed E-state index contributed by atoms with van der Waals surface area (Å²) in [4.78, 5) is 10.6. The smallest absolute Gasteiger partial charge is 0.328 e. The predicted octanol–water partition coefficient (Wildman–Crippen LogP) is 3.61. The third-order valence-corrected chi connectivity index (χ3v) is 2.81. The molecule has 0 aliphatic carbocycles. The molecule has 0 unspecified atom stereocenters. The minimum absolute atomic E-state index is 0.610. The van der Waals surface area contributed by atoms with Crippen LogP contribution in [0.3, 0.4) is 0 Å². The van der Waals surface area contributed by atoms with Crippen LogP contribution in [0.2, 0.25) is 0 Å². The Morgan fingerprint density at radius 1 is 1.40 bits per heavy atom. The Hall–Kier alpha value is -1.97. The first kappa shape index (κ1) is 16.1. The lowest BCUT2D eigenvalue weighted by molar-refractivity contribution is -0.131. The SMILES string of the molecule is COc1ccc(/C=C/C(=O)O)c(OCCCC(C)C)c1. The van der Waals surface area contributed by atoms with Gasteiger partial charge in [0, 0.05) is 17.7 Å². The Bertz CT molecular complexity index is 464. The quantitative estimate of drug-likeness (QED) is 0.583. The van der Waals surface area contributed by atoms with E-state index in [1.165, 1.54) is 6.08 Å². The monoisotopic (exact) mass is 278 g/mol. The van der Waals surface area contributed by atoms with Crippen LogP contribution in [0.15, 0.2) is 24.3 Å². The fourth-order valence-electron chi connectivity index (χ4n) is 1.74. The molecule has 0 heterocycles. The molecule has 0 bridgehead atoms. The molecule has 1 N–H and O–H groups in total. The Morgan fingerprint density at radius 3 is 2.75 bits per heavy atom. The molecule has 1 aromatic rings. The third-order valence-electron chi connectivity index (χ3n) is 2.81. The van der Waals surface area contributed by atoms with Crippen molar-refractivity contribution < 1.29 is 19.4 Å². The van der Waals surface area contributed by atoms with Crippen LogP contribution in [0.1, 0.15) is 32.3 Å². The molecule has 110 valence electrons. The Morgan fingerprint density at radius 2 is 2.15 bits per heavy atom. The summed E-state index contributed by atoms with van der Waals surface area (Å²) in [6, 6.07) is 5.34. The summed E-state index contributed by atoms with van der Waals surface area (Å²) in [7, 11) is 1.59. The van der Waals surface area contributed by atoms with E-state index in [1.807, 2.05) is 0 Å². The molecule has 0 amide bonds. The van der Waals surface area contributed by atoms with Crippen molar-refractivity contribution in [2.45, 2.75) is 26.7 Å². The summed E-state index contributed by atoms with van der Waals surface area (Å²) in [5, 5.41) is 8.69. The standard InChI is InChI=1S/C16H22O4/c1-12(2)5-4-10-20-15-11-14(19-3)8-6-13(15)7-9-16(17)18/h6-9,11-12H,4-5,10H2,1-3H3,(H,17,18)/b9-7+. The lowest BCUT2D eigenvalue weighted by Crippen LogP contribution is -2.01. The number of carboxylic acids is 1. The Labute approximate surface area is 120 Å². The fraction of sp³-hybridized carbons (Fsp3) is 0.438. The number of hydrogen-bond donors (Lipinski definition) is 1. The maximum absolute atomic E-state index is 10.6. The lowest BCUT2D eigenvalue weighted by atomic mass is 10.1. The molecule has 0 atom stereocenters. The van der Waals surface area contributed by atoms with E-state index >= 15 is 0 Å². The second-order valence-corrected chi connectivity index (χ2v) is 4.96. The van der Waals surface area contributed by atoms with Gasteiger partial charge in [-0.1, -0.05) is 13.8 Å². The molecule has 20 heavy (non-hydrogen) atoms. The van der Waals surface area contributed by atoms with Gasteiger partial charge in [0.2, 0.25) is 0 Å². The van der Waals surface area contributed by atoms with Crippen LogP contribution in [0, 0.1) is 5.92 Å². The van der Waals surface area contributed by atoms with Gasteiger partial charge in [0.05, 0.1) is 13.7 Å². The molecule has 0 saturated carbocycles. The first-order valence-electron chi connectivity index (χ1n) is 6.74. The summed E-state index contributed by atoms with van der Waals surface area (Å²) in [5.41, 5.74) is 0.734. The highest BCUT2D eigenvalue weighted by Crippen LogP contribution is 2.26. The van der Waals surface area contributed by atoms with Gasteiger partial charge in [0.15, 0.2) is 0 Å². The Kier molecular flexibility index (Phi) is 6.64. The summed E-state index contributed by atoms with van der Waals surface area (Å²) in [6.07, 6.45) is 4.70. The molecule has 1 aromatic carbocycles. The molecule has 1 rings (SSSR count). The van der Waals surface area contributed by atoms with E-state index in [-0.39, 0.29) is 0 Å². The zero-order chi connectivity index (χ0) is 15.0. The number of aliphatic carboxylic acids is 1. The maximum atomic E-state index is 10.6. The number of hydrogen-bond acceptors (Lipinski definition) is 3. The summed E-state index contributed by atoms with van der Waals surface area (Å²) < 4.78 is 10.9. The number of benzene rings is 1. The first-order valence-corrected chi connectivity index (χ1v) is 6.74. The van der Waals surface area contributed by atoms with Crippen molar-refractivity contribution in [1.82, 2.24) is 0 Å². The van der Waals surface area contributed by atoms with Crippen LogP contribution in [0.4, 0.5) is 0 Å². The number of carboxylic acid groups (broad SMARTS) is 1. The van der Waals surface area contributed by atoms with Crippen LogP contribution < -0.4 is 9.47 Å². The molecule has 0 radical (unpaired) electrons. The second-order valence-electron chi connectivity index (χ2n) is 4.96. The molecular formula is C16H22O4. The highest BCUT2D eigenvalue weighted by molar-refractivity contribution is 5.86. The van der Waals surface area contributed by atoms with E-state index in [4.69, 9.17) is 14.6 Å². The molecule has 0 fully saturated rings. The van der Waals surface area contributed by atoms with Gasteiger partial charge in [-0.05, 0) is 37.0 Å². The topological polar surface area (TPSA) is 55.8 Å². The van der Waals surface area contributed by atoms with E-state index in [1.54, 1.807) is 25.3 Å². The molecule has 0 saturated heterocycles. The number of rotatable bonds is 8. The van der Waals surface area contributed by atoms with Gasteiger partial charge in [-0.25, -0.2) is 4.79 Å². The molecule has 0 spiro atoms. The predicted molar refractivity (Wildman–Crippen MR) is 79.2 cm³/mol. The fourth-order valence-corrected chi connectivity index (χ4v) is 1.74. The van der Waals surface area contributed by atoms with Crippen LogP contribution >= 0.6 is 0 Å². The average Bonchev–Trinajstić information content (AvgIpc) is 2.41. The van der Waals surface area contributed by atoms with Gasteiger partial charge in [0.25, 0.3) is 0 Å². The molecule has 4 heteroatoms. The third kappa shape index (κ3) is 5.78. The van der Waals surface area contributed by atoms with Gasteiger partial charge >= 0.3 is 5.97 Å². The van der Waals surface area contributed by atoms with Gasteiger partial charge in [-0.2, -0.15) is 0 Å². The number of carbonyl (C=O) groups is 1. The average molecular weight is 278 g/mol. The van der Waals surface area contributed by atoms with Crippen molar-refractivity contribution in [3.05, 3.63) is 29.8 Å². The molecule has 0 aromatic heterocycles. The lowest BCUT2D eigenvalue weighted by Gasteiger charge is -2.11. The van der Waals surface area contributed by atoms with Crippen molar-refractivity contribution >= 4 is 12.0 Å². The summed E-state index contributed by atoms with van der Waals surface area (Å²) in [5.74, 6) is 1.00. The van der Waals surface area contributed by atoms with Crippen molar-refractivity contribution in [2.75, 3.05) is 13.7 Å². The van der Waals surface area contributed by atoms with Gasteiger partial charge < -0.3 is 14.6 Å². The van der Waals surface area contributed by atoms with E-state index in [0.29, 0.717) is 24.0 Å². The number of methoxy groups -OCH3 is 1. The zero-order valence-corrected chi connectivity index (χ0v) is 12.3. The normalized spacial score (nSPS) is 11.0. The molecule has 0 aliphatic heterocycles. The highest BCUT2D eigenvalue weighted by Gasteiger charge is 2.04. The first-order chi connectivity index (χ1) is 9.52. The summed E-state index contributed by atoms with van der Waals surface area (Å²) >= 11 is 0. The van der Waals surface area contributed by atoms with E-state index in [0.717, 1.165) is 24.5 Å².